The molecule has 132 valence electrons. The summed E-state index contributed by atoms with van der Waals surface area (Å²) in [4.78, 5) is 14.7. The van der Waals surface area contributed by atoms with Gasteiger partial charge in [0.1, 0.15) is 5.82 Å². The minimum atomic E-state index is -3.65. The number of nitrogens with zero attached hydrogens (tertiary/aromatic N) is 1. The van der Waals surface area contributed by atoms with Gasteiger partial charge in [-0.3, -0.25) is 4.57 Å². The van der Waals surface area contributed by atoms with Crippen molar-refractivity contribution in [2.75, 3.05) is 6.54 Å². The molecule has 0 saturated carbocycles. The molecule has 2 aromatic carbocycles. The van der Waals surface area contributed by atoms with Crippen LogP contribution in [0.1, 0.15) is 12.5 Å². The molecule has 0 radical (unpaired) electrons. The largest absolute Gasteiger partial charge is 0.326 e. The number of nitrogens with one attached hydrogen (secondary N) is 2. The highest BCUT2D eigenvalue weighted by Crippen LogP contribution is 2.13. The SMILES string of the molecule is CCc1ccc(S(=O)(=O)NCCn2c(=O)[nH]c3cc(F)ccc32)cc1. The molecular formula is C17H18FN3O3S. The fourth-order valence-corrected chi connectivity index (χ4v) is 3.66. The normalized spacial score (nSPS) is 11.9. The van der Waals surface area contributed by atoms with Crippen LogP contribution in [0.3, 0.4) is 0 Å². The summed E-state index contributed by atoms with van der Waals surface area (Å²) in [6.07, 6.45) is 0.831. The molecule has 0 bridgehead atoms. The number of rotatable bonds is 6. The third kappa shape index (κ3) is 3.64. The second-order valence-electron chi connectivity index (χ2n) is 5.64. The van der Waals surface area contributed by atoms with Crippen molar-refractivity contribution < 1.29 is 12.8 Å². The van der Waals surface area contributed by atoms with Gasteiger partial charge in [-0.1, -0.05) is 19.1 Å². The van der Waals surface area contributed by atoms with Crippen LogP contribution in [0, 0.1) is 5.82 Å². The summed E-state index contributed by atoms with van der Waals surface area (Å²) in [7, 11) is -3.65. The van der Waals surface area contributed by atoms with Crippen LogP contribution in [0.5, 0.6) is 0 Å². The van der Waals surface area contributed by atoms with Crippen molar-refractivity contribution in [3.05, 3.63) is 64.3 Å². The molecule has 0 atom stereocenters. The molecule has 0 aliphatic heterocycles. The average molecular weight is 363 g/mol. The molecule has 1 heterocycles. The van der Waals surface area contributed by atoms with E-state index in [-0.39, 0.29) is 18.0 Å². The molecular weight excluding hydrogens is 345 g/mol. The molecule has 6 nitrogen and oxygen atoms in total. The van der Waals surface area contributed by atoms with Crippen molar-refractivity contribution in [3.8, 4) is 0 Å². The monoisotopic (exact) mass is 363 g/mol. The van der Waals surface area contributed by atoms with Crippen molar-refractivity contribution in [3.63, 3.8) is 0 Å². The molecule has 0 amide bonds. The Morgan fingerprint density at radius 2 is 1.88 bits per heavy atom. The number of fused-ring (bicyclic) bond motifs is 1. The molecule has 1 aromatic heterocycles. The topological polar surface area (TPSA) is 84.0 Å². The molecule has 0 unspecified atom stereocenters. The highest BCUT2D eigenvalue weighted by atomic mass is 32.2. The van der Waals surface area contributed by atoms with Crippen LogP contribution in [0.2, 0.25) is 0 Å². The fraction of sp³-hybridized carbons (Fsp3) is 0.235. The Balaban J connectivity index is 1.74. The van der Waals surface area contributed by atoms with E-state index in [4.69, 9.17) is 0 Å². The van der Waals surface area contributed by atoms with Gasteiger partial charge in [0, 0.05) is 13.1 Å². The highest BCUT2D eigenvalue weighted by Gasteiger charge is 2.14. The molecule has 2 N–H and O–H groups in total. The smallest absolute Gasteiger partial charge is 0.305 e. The third-order valence-electron chi connectivity index (χ3n) is 4.01. The fourth-order valence-electron chi connectivity index (χ4n) is 2.64. The second kappa shape index (κ2) is 6.81. The quantitative estimate of drug-likeness (QED) is 0.703. The van der Waals surface area contributed by atoms with Crippen LogP contribution < -0.4 is 10.4 Å². The number of sulfonamides is 1. The lowest BCUT2D eigenvalue weighted by Gasteiger charge is -2.08. The molecule has 0 fully saturated rings. The summed E-state index contributed by atoms with van der Waals surface area (Å²) in [6.45, 7) is 2.17. The van der Waals surface area contributed by atoms with Crippen molar-refractivity contribution in [1.29, 1.82) is 0 Å². The van der Waals surface area contributed by atoms with Gasteiger partial charge < -0.3 is 4.98 Å². The van der Waals surface area contributed by atoms with Crippen LogP contribution in [0.15, 0.2) is 52.2 Å². The number of hydrogen-bond acceptors (Lipinski definition) is 3. The summed E-state index contributed by atoms with van der Waals surface area (Å²) in [5.74, 6) is -0.447. The Morgan fingerprint density at radius 3 is 2.56 bits per heavy atom. The van der Waals surface area contributed by atoms with Crippen molar-refractivity contribution >= 4 is 21.1 Å². The Kier molecular flexibility index (Phi) is 4.73. The van der Waals surface area contributed by atoms with E-state index < -0.39 is 21.5 Å². The van der Waals surface area contributed by atoms with Gasteiger partial charge in [0.05, 0.1) is 15.9 Å². The van der Waals surface area contributed by atoms with Gasteiger partial charge in [-0.05, 0) is 42.3 Å². The Labute approximate surface area is 144 Å². The van der Waals surface area contributed by atoms with E-state index in [1.165, 1.54) is 22.8 Å². The first-order valence-electron chi connectivity index (χ1n) is 7.87. The maximum Gasteiger partial charge on any atom is 0.326 e. The zero-order chi connectivity index (χ0) is 18.0. The lowest BCUT2D eigenvalue weighted by molar-refractivity contribution is 0.572. The standard InChI is InChI=1S/C17H18FN3O3S/c1-2-12-3-6-14(7-4-12)25(23,24)19-9-10-21-16-8-5-13(18)11-15(16)20-17(21)22/h3-8,11,19H,2,9-10H2,1H3,(H,20,22). The van der Waals surface area contributed by atoms with Gasteiger partial charge in [0.25, 0.3) is 0 Å². The number of aryl methyl sites for hydroxylation is 1. The summed E-state index contributed by atoms with van der Waals surface area (Å²) < 4.78 is 41.7. The number of benzene rings is 2. The second-order valence-corrected chi connectivity index (χ2v) is 7.41. The summed E-state index contributed by atoms with van der Waals surface area (Å²) >= 11 is 0. The summed E-state index contributed by atoms with van der Waals surface area (Å²) in [6, 6.07) is 10.6. The Hall–Kier alpha value is -2.45. The summed E-state index contributed by atoms with van der Waals surface area (Å²) in [5.41, 5.74) is 1.55. The number of halogens is 1. The Morgan fingerprint density at radius 1 is 1.16 bits per heavy atom. The molecule has 8 heteroatoms. The first-order valence-corrected chi connectivity index (χ1v) is 9.35. The van der Waals surface area contributed by atoms with Gasteiger partial charge in [0.15, 0.2) is 0 Å². The predicted octanol–water partition coefficient (Wildman–Crippen LogP) is 2.01. The van der Waals surface area contributed by atoms with Crippen LogP contribution in [0.4, 0.5) is 4.39 Å². The number of aromatic nitrogens is 2. The van der Waals surface area contributed by atoms with Crippen molar-refractivity contribution in [2.45, 2.75) is 24.8 Å². The van der Waals surface area contributed by atoms with Gasteiger partial charge in [0.2, 0.25) is 10.0 Å². The maximum atomic E-state index is 13.2. The molecule has 0 spiro atoms. The number of aromatic amines is 1. The molecule has 3 aromatic rings. The highest BCUT2D eigenvalue weighted by molar-refractivity contribution is 7.89. The van der Waals surface area contributed by atoms with Crippen LogP contribution in [0.25, 0.3) is 11.0 Å². The lowest BCUT2D eigenvalue weighted by atomic mass is 10.2. The van der Waals surface area contributed by atoms with E-state index in [1.54, 1.807) is 24.3 Å². The average Bonchev–Trinajstić information content (AvgIpc) is 2.89. The maximum absolute atomic E-state index is 13.2. The van der Waals surface area contributed by atoms with Gasteiger partial charge in [-0.2, -0.15) is 0 Å². The lowest BCUT2D eigenvalue weighted by Crippen LogP contribution is -2.30. The Bertz CT molecular complexity index is 1050. The molecule has 0 aliphatic rings. The van der Waals surface area contributed by atoms with Crippen molar-refractivity contribution in [2.24, 2.45) is 0 Å². The minimum Gasteiger partial charge on any atom is -0.305 e. The van der Waals surface area contributed by atoms with E-state index in [0.29, 0.717) is 11.0 Å². The predicted molar refractivity (Wildman–Crippen MR) is 93.5 cm³/mol. The molecule has 3 rings (SSSR count). The first kappa shape index (κ1) is 17.4. The minimum absolute atomic E-state index is 0.0437. The molecule has 0 saturated heterocycles. The number of hydrogen-bond donors (Lipinski definition) is 2. The van der Waals surface area contributed by atoms with E-state index in [1.807, 2.05) is 6.92 Å². The van der Waals surface area contributed by atoms with E-state index >= 15 is 0 Å². The van der Waals surface area contributed by atoms with Crippen LogP contribution in [-0.2, 0) is 23.0 Å². The van der Waals surface area contributed by atoms with Gasteiger partial charge >= 0.3 is 5.69 Å². The first-order chi connectivity index (χ1) is 11.9. The number of H-pyrrole nitrogens is 1. The zero-order valence-electron chi connectivity index (χ0n) is 13.6. The van der Waals surface area contributed by atoms with E-state index in [2.05, 4.69) is 9.71 Å². The van der Waals surface area contributed by atoms with Crippen LogP contribution in [-0.4, -0.2) is 24.5 Å². The van der Waals surface area contributed by atoms with Gasteiger partial charge in [-0.25, -0.2) is 22.3 Å². The number of imidazole rings is 1. The summed E-state index contributed by atoms with van der Waals surface area (Å²) in [5, 5.41) is 0. The van der Waals surface area contributed by atoms with Crippen molar-refractivity contribution in [1.82, 2.24) is 14.3 Å². The third-order valence-corrected chi connectivity index (χ3v) is 5.48. The van der Waals surface area contributed by atoms with E-state index in [9.17, 15) is 17.6 Å². The van der Waals surface area contributed by atoms with Crippen LogP contribution >= 0.6 is 0 Å². The van der Waals surface area contributed by atoms with E-state index in [0.717, 1.165) is 12.0 Å². The molecule has 0 aliphatic carbocycles. The zero-order valence-corrected chi connectivity index (χ0v) is 14.4. The molecule has 25 heavy (non-hydrogen) atoms. The van der Waals surface area contributed by atoms with Gasteiger partial charge in [-0.15, -0.1) is 0 Å².